The molecule has 1 aromatic heterocycles. The summed E-state index contributed by atoms with van der Waals surface area (Å²) < 4.78 is 49.6. The number of hydrogen-bond acceptors (Lipinski definition) is 5. The van der Waals surface area contributed by atoms with Crippen LogP contribution >= 0.6 is 11.3 Å². The fraction of sp³-hybridized carbons (Fsp3) is 0.167. The highest BCUT2D eigenvalue weighted by molar-refractivity contribution is 7.90. The number of thiazole rings is 1. The van der Waals surface area contributed by atoms with Gasteiger partial charge in [0.2, 0.25) is 0 Å². The molecule has 0 spiro atoms. The minimum absolute atomic E-state index is 0.185. The number of nitrogens with zero attached hydrogens (tertiary/aromatic N) is 1. The predicted octanol–water partition coefficient (Wildman–Crippen LogP) is 3.75. The minimum Gasteiger partial charge on any atom is -0.378 e. The third-order valence-corrected chi connectivity index (χ3v) is 6.16. The van der Waals surface area contributed by atoms with Crippen molar-refractivity contribution in [1.82, 2.24) is 4.98 Å². The third-order valence-electron chi connectivity index (χ3n) is 3.98. The highest BCUT2D eigenvalue weighted by Crippen LogP contribution is 2.34. The fourth-order valence-corrected chi connectivity index (χ4v) is 3.97. The number of benzene rings is 2. The van der Waals surface area contributed by atoms with Crippen molar-refractivity contribution in [1.29, 1.82) is 0 Å². The first kappa shape index (κ1) is 18.6. The van der Waals surface area contributed by atoms with Crippen LogP contribution in [0.2, 0.25) is 0 Å². The van der Waals surface area contributed by atoms with Crippen molar-refractivity contribution in [3.05, 3.63) is 70.1 Å². The molecule has 8 heteroatoms. The van der Waals surface area contributed by atoms with Gasteiger partial charge in [0.25, 0.3) is 0 Å². The Morgan fingerprint density at radius 2 is 1.73 bits per heavy atom. The SMILES string of the molecule is CC(O)(c1ccc(F)c(F)c1)c1nc(-c2ccc(S(C)(=O)=O)cc2)cs1. The second kappa shape index (κ2) is 6.53. The van der Waals surface area contributed by atoms with E-state index in [0.717, 1.165) is 18.4 Å². The lowest BCUT2D eigenvalue weighted by Crippen LogP contribution is -2.22. The average molecular weight is 395 g/mol. The molecule has 1 unspecified atom stereocenters. The molecular formula is C18H15F2NO3S2. The zero-order valence-electron chi connectivity index (χ0n) is 13.9. The Labute approximate surface area is 153 Å². The van der Waals surface area contributed by atoms with Crippen molar-refractivity contribution in [3.8, 4) is 11.3 Å². The zero-order valence-corrected chi connectivity index (χ0v) is 15.5. The van der Waals surface area contributed by atoms with Gasteiger partial charge in [-0.25, -0.2) is 22.2 Å². The van der Waals surface area contributed by atoms with Crippen molar-refractivity contribution in [2.45, 2.75) is 17.4 Å². The van der Waals surface area contributed by atoms with Crippen LogP contribution in [0.15, 0.2) is 52.7 Å². The number of aromatic nitrogens is 1. The summed E-state index contributed by atoms with van der Waals surface area (Å²) >= 11 is 1.17. The first-order valence-electron chi connectivity index (χ1n) is 7.53. The Kier molecular flexibility index (Phi) is 4.68. The molecule has 0 bridgehead atoms. The van der Waals surface area contributed by atoms with Crippen molar-refractivity contribution < 1.29 is 22.3 Å². The van der Waals surface area contributed by atoms with Crippen LogP contribution in [0.5, 0.6) is 0 Å². The summed E-state index contributed by atoms with van der Waals surface area (Å²) in [5.74, 6) is -2.04. The van der Waals surface area contributed by atoms with Crippen molar-refractivity contribution in [3.63, 3.8) is 0 Å². The number of sulfone groups is 1. The van der Waals surface area contributed by atoms with E-state index in [1.54, 1.807) is 17.5 Å². The van der Waals surface area contributed by atoms with Crippen LogP contribution < -0.4 is 0 Å². The maximum atomic E-state index is 13.5. The number of rotatable bonds is 4. The van der Waals surface area contributed by atoms with E-state index in [1.165, 1.54) is 36.5 Å². The largest absolute Gasteiger partial charge is 0.378 e. The van der Waals surface area contributed by atoms with Crippen molar-refractivity contribution >= 4 is 21.2 Å². The average Bonchev–Trinajstić information content (AvgIpc) is 3.07. The summed E-state index contributed by atoms with van der Waals surface area (Å²) in [6, 6.07) is 9.42. The molecule has 3 aromatic rings. The molecule has 0 radical (unpaired) electrons. The maximum absolute atomic E-state index is 13.5. The van der Waals surface area contributed by atoms with Gasteiger partial charge in [-0.2, -0.15) is 0 Å². The van der Waals surface area contributed by atoms with Gasteiger partial charge >= 0.3 is 0 Å². The summed E-state index contributed by atoms with van der Waals surface area (Å²) in [6.45, 7) is 1.45. The van der Waals surface area contributed by atoms with Gasteiger partial charge in [0, 0.05) is 17.2 Å². The molecule has 3 rings (SSSR count). The second-order valence-electron chi connectivity index (χ2n) is 6.04. The summed E-state index contributed by atoms with van der Waals surface area (Å²) in [7, 11) is -3.29. The molecule has 1 atom stereocenters. The molecule has 0 aliphatic rings. The summed E-state index contributed by atoms with van der Waals surface area (Å²) in [6.07, 6.45) is 1.13. The van der Waals surface area contributed by atoms with E-state index in [4.69, 9.17) is 0 Å². The molecule has 1 heterocycles. The minimum atomic E-state index is -3.29. The molecule has 136 valence electrons. The highest BCUT2D eigenvalue weighted by Gasteiger charge is 2.30. The number of halogens is 2. The van der Waals surface area contributed by atoms with Gasteiger partial charge in [-0.1, -0.05) is 18.2 Å². The van der Waals surface area contributed by atoms with E-state index in [2.05, 4.69) is 4.98 Å². The van der Waals surface area contributed by atoms with Gasteiger partial charge in [-0.3, -0.25) is 0 Å². The molecule has 0 fully saturated rings. The molecule has 4 nitrogen and oxygen atoms in total. The molecule has 0 aliphatic heterocycles. The maximum Gasteiger partial charge on any atom is 0.175 e. The molecule has 0 saturated heterocycles. The fourth-order valence-electron chi connectivity index (χ4n) is 2.43. The molecule has 0 aliphatic carbocycles. The van der Waals surface area contributed by atoms with E-state index < -0.39 is 27.1 Å². The molecule has 26 heavy (non-hydrogen) atoms. The topological polar surface area (TPSA) is 67.3 Å². The van der Waals surface area contributed by atoms with Crippen molar-refractivity contribution in [2.24, 2.45) is 0 Å². The zero-order chi connectivity index (χ0) is 19.1. The molecule has 0 saturated carbocycles. The molecule has 0 amide bonds. The van der Waals surface area contributed by atoms with E-state index in [0.29, 0.717) is 16.3 Å². The monoisotopic (exact) mass is 395 g/mol. The predicted molar refractivity (Wildman–Crippen MR) is 95.7 cm³/mol. The van der Waals surface area contributed by atoms with E-state index in [-0.39, 0.29) is 10.5 Å². The standard InChI is InChI=1S/C18H15F2NO3S2/c1-18(22,12-5-8-14(19)15(20)9-12)17-21-16(10-25-17)11-3-6-13(7-4-11)26(2,23)24/h3-10,22H,1-2H3. The third kappa shape index (κ3) is 3.53. The van der Waals surface area contributed by atoms with Gasteiger partial charge in [-0.05, 0) is 36.8 Å². The van der Waals surface area contributed by atoms with Gasteiger partial charge in [0.05, 0.1) is 10.6 Å². The lowest BCUT2D eigenvalue weighted by molar-refractivity contribution is 0.101. The first-order chi connectivity index (χ1) is 12.1. The van der Waals surface area contributed by atoms with Crippen LogP contribution in [0.1, 0.15) is 17.5 Å². The second-order valence-corrected chi connectivity index (χ2v) is 8.91. The highest BCUT2D eigenvalue weighted by atomic mass is 32.2. The van der Waals surface area contributed by atoms with Crippen LogP contribution in [-0.2, 0) is 15.4 Å². The molecular weight excluding hydrogens is 380 g/mol. The quantitative estimate of drug-likeness (QED) is 0.731. The van der Waals surface area contributed by atoms with Crippen LogP contribution in [-0.4, -0.2) is 24.8 Å². The van der Waals surface area contributed by atoms with Crippen LogP contribution in [0.25, 0.3) is 11.3 Å². The Morgan fingerprint density at radius 3 is 2.31 bits per heavy atom. The van der Waals surface area contributed by atoms with Gasteiger partial charge in [0.1, 0.15) is 10.6 Å². The normalized spacial score (nSPS) is 14.2. The lowest BCUT2D eigenvalue weighted by atomic mass is 9.96. The Balaban J connectivity index is 1.95. The number of hydrogen-bond donors (Lipinski definition) is 1. The van der Waals surface area contributed by atoms with Gasteiger partial charge < -0.3 is 5.11 Å². The van der Waals surface area contributed by atoms with Crippen molar-refractivity contribution in [2.75, 3.05) is 6.26 Å². The molecule has 2 aromatic carbocycles. The van der Waals surface area contributed by atoms with E-state index >= 15 is 0 Å². The van der Waals surface area contributed by atoms with Crippen LogP contribution in [0.3, 0.4) is 0 Å². The van der Waals surface area contributed by atoms with E-state index in [1.807, 2.05) is 0 Å². The Morgan fingerprint density at radius 1 is 1.08 bits per heavy atom. The lowest BCUT2D eigenvalue weighted by Gasteiger charge is -2.21. The Bertz CT molecular complexity index is 1060. The van der Waals surface area contributed by atoms with Gasteiger partial charge in [-0.15, -0.1) is 11.3 Å². The summed E-state index contributed by atoms with van der Waals surface area (Å²) in [4.78, 5) is 4.57. The van der Waals surface area contributed by atoms with Gasteiger partial charge in [0.15, 0.2) is 21.5 Å². The molecule has 1 N–H and O–H groups in total. The Hall–Kier alpha value is -2.16. The number of aliphatic hydroxyl groups is 1. The first-order valence-corrected chi connectivity index (χ1v) is 10.3. The van der Waals surface area contributed by atoms with Crippen LogP contribution in [0.4, 0.5) is 8.78 Å². The summed E-state index contributed by atoms with van der Waals surface area (Å²) in [5, 5.41) is 12.8. The summed E-state index contributed by atoms with van der Waals surface area (Å²) in [5.41, 5.74) is -0.178. The van der Waals surface area contributed by atoms with Crippen LogP contribution in [0, 0.1) is 11.6 Å². The smallest absolute Gasteiger partial charge is 0.175 e. The van der Waals surface area contributed by atoms with E-state index in [9.17, 15) is 22.3 Å².